The first-order valence-electron chi connectivity index (χ1n) is 7.36. The largest absolute Gasteiger partial charge is 0.488 e. The van der Waals surface area contributed by atoms with Crippen LogP contribution in [0.1, 0.15) is 43.9 Å². The third-order valence-electron chi connectivity index (χ3n) is 4.38. The average Bonchev–Trinajstić information content (AvgIpc) is 2.90. The van der Waals surface area contributed by atoms with Gasteiger partial charge in [0.15, 0.2) is 0 Å². The Morgan fingerprint density at radius 2 is 2.19 bits per heavy atom. The van der Waals surface area contributed by atoms with Crippen LogP contribution in [-0.4, -0.2) is 18.6 Å². The molecule has 0 saturated carbocycles. The van der Waals surface area contributed by atoms with Crippen molar-refractivity contribution < 1.29 is 9.53 Å². The highest BCUT2D eigenvalue weighted by molar-refractivity contribution is 6.07. The number of halogens is 1. The van der Waals surface area contributed by atoms with Crippen molar-refractivity contribution in [2.24, 2.45) is 5.73 Å². The molecular weight excluding hydrogens is 288 g/mol. The molecule has 0 aromatic heterocycles. The van der Waals surface area contributed by atoms with E-state index in [9.17, 15) is 4.79 Å². The number of aryl methyl sites for hydroxylation is 1. The summed E-state index contributed by atoms with van der Waals surface area (Å²) < 4.78 is 6.00. The summed E-state index contributed by atoms with van der Waals surface area (Å²) in [5.41, 5.74) is 9.63. The first kappa shape index (κ1) is 16.1. The van der Waals surface area contributed by atoms with Gasteiger partial charge in [0.2, 0.25) is 5.91 Å². The SMILES string of the molecule is CCCc1cc2c(c3c1NC(=O)C3(C)C)OC(CN)C2.Cl. The van der Waals surface area contributed by atoms with Crippen LogP contribution in [0.15, 0.2) is 6.07 Å². The van der Waals surface area contributed by atoms with E-state index in [0.717, 1.165) is 36.3 Å². The van der Waals surface area contributed by atoms with Crippen molar-refractivity contribution in [3.8, 4) is 5.75 Å². The van der Waals surface area contributed by atoms with Gasteiger partial charge < -0.3 is 15.8 Å². The van der Waals surface area contributed by atoms with Crippen LogP contribution >= 0.6 is 12.4 Å². The molecule has 0 spiro atoms. The van der Waals surface area contributed by atoms with Gasteiger partial charge in [-0.2, -0.15) is 0 Å². The molecule has 0 aliphatic carbocycles. The van der Waals surface area contributed by atoms with E-state index in [-0.39, 0.29) is 24.4 Å². The summed E-state index contributed by atoms with van der Waals surface area (Å²) in [7, 11) is 0. The van der Waals surface area contributed by atoms with Gasteiger partial charge in [0.25, 0.3) is 0 Å². The summed E-state index contributed by atoms with van der Waals surface area (Å²) >= 11 is 0. The van der Waals surface area contributed by atoms with Gasteiger partial charge in [-0.25, -0.2) is 0 Å². The van der Waals surface area contributed by atoms with Crippen LogP contribution in [0.2, 0.25) is 0 Å². The smallest absolute Gasteiger partial charge is 0.234 e. The maximum absolute atomic E-state index is 12.3. The fourth-order valence-electron chi connectivity index (χ4n) is 3.24. The van der Waals surface area contributed by atoms with Gasteiger partial charge in [-0.15, -0.1) is 12.4 Å². The van der Waals surface area contributed by atoms with Gasteiger partial charge >= 0.3 is 0 Å². The number of carbonyl (C=O) groups excluding carboxylic acids is 1. The van der Waals surface area contributed by atoms with Gasteiger partial charge in [-0.1, -0.05) is 13.3 Å². The van der Waals surface area contributed by atoms with Crippen LogP contribution in [0.3, 0.4) is 0 Å². The molecule has 5 heteroatoms. The fourth-order valence-corrected chi connectivity index (χ4v) is 3.24. The number of hydrogen-bond acceptors (Lipinski definition) is 3. The second kappa shape index (κ2) is 5.50. The summed E-state index contributed by atoms with van der Waals surface area (Å²) in [5, 5.41) is 3.05. The number of hydrogen-bond donors (Lipinski definition) is 2. The molecule has 3 rings (SSSR count). The standard InChI is InChI=1S/C16H22N2O2.ClH/c1-4-5-9-6-10-7-11(8-17)20-14(10)12-13(9)18-15(19)16(12,2)3;/h6,11H,4-5,7-8,17H2,1-3H3,(H,18,19);1H. The molecule has 1 amide bonds. The Bertz CT molecular complexity index is 584. The Morgan fingerprint density at radius 1 is 1.48 bits per heavy atom. The van der Waals surface area contributed by atoms with E-state index in [1.54, 1.807) is 0 Å². The van der Waals surface area contributed by atoms with Crippen LogP contribution in [0, 0.1) is 0 Å². The quantitative estimate of drug-likeness (QED) is 0.902. The highest BCUT2D eigenvalue weighted by Gasteiger charge is 2.44. The zero-order valence-corrected chi connectivity index (χ0v) is 13.6. The Morgan fingerprint density at radius 3 is 2.81 bits per heavy atom. The predicted octanol–water partition coefficient (Wildman–Crippen LogP) is 2.55. The van der Waals surface area contributed by atoms with Gasteiger partial charge in [-0.3, -0.25) is 4.79 Å². The molecule has 3 N–H and O–H groups in total. The average molecular weight is 311 g/mol. The number of benzene rings is 1. The summed E-state index contributed by atoms with van der Waals surface area (Å²) in [6.07, 6.45) is 2.92. The number of amides is 1. The number of ether oxygens (including phenoxy) is 1. The van der Waals surface area contributed by atoms with E-state index in [1.807, 2.05) is 13.8 Å². The lowest BCUT2D eigenvalue weighted by molar-refractivity contribution is -0.119. The number of nitrogens with two attached hydrogens (primary N) is 1. The zero-order valence-electron chi connectivity index (χ0n) is 12.8. The van der Waals surface area contributed by atoms with E-state index in [2.05, 4.69) is 18.3 Å². The van der Waals surface area contributed by atoms with Crippen LogP contribution in [0.25, 0.3) is 0 Å². The molecule has 1 unspecified atom stereocenters. The third-order valence-corrected chi connectivity index (χ3v) is 4.38. The summed E-state index contributed by atoms with van der Waals surface area (Å²) in [6.45, 7) is 6.59. The van der Waals surface area contributed by atoms with Crippen molar-refractivity contribution in [2.45, 2.75) is 51.6 Å². The molecular formula is C16H23ClN2O2. The lowest BCUT2D eigenvalue weighted by atomic mass is 9.83. The fraction of sp³-hybridized carbons (Fsp3) is 0.562. The second-order valence-electron chi connectivity index (χ2n) is 6.28. The highest BCUT2D eigenvalue weighted by Crippen LogP contribution is 2.49. The number of fused-ring (bicyclic) bond motifs is 3. The molecule has 1 atom stereocenters. The summed E-state index contributed by atoms with van der Waals surface area (Å²) in [5.74, 6) is 0.941. The van der Waals surface area contributed by atoms with Crippen molar-refractivity contribution in [3.05, 3.63) is 22.8 Å². The molecule has 2 aliphatic rings. The second-order valence-corrected chi connectivity index (χ2v) is 6.28. The summed E-state index contributed by atoms with van der Waals surface area (Å²) in [4.78, 5) is 12.3. The third kappa shape index (κ3) is 2.30. The molecule has 0 radical (unpaired) electrons. The highest BCUT2D eigenvalue weighted by atomic mass is 35.5. The number of rotatable bonds is 3. The van der Waals surface area contributed by atoms with Gasteiger partial charge in [0, 0.05) is 18.5 Å². The Kier molecular flexibility index (Phi) is 4.22. The zero-order chi connectivity index (χ0) is 14.5. The lowest BCUT2D eigenvalue weighted by Gasteiger charge is -2.20. The van der Waals surface area contributed by atoms with Crippen LogP contribution in [0.5, 0.6) is 5.75 Å². The molecule has 0 fully saturated rings. The maximum atomic E-state index is 12.3. The molecule has 0 saturated heterocycles. The minimum atomic E-state index is -0.535. The Hall–Kier alpha value is -1.26. The minimum Gasteiger partial charge on any atom is -0.488 e. The summed E-state index contributed by atoms with van der Waals surface area (Å²) in [6, 6.07) is 2.19. The first-order chi connectivity index (χ1) is 9.48. The van der Waals surface area contributed by atoms with Crippen LogP contribution < -0.4 is 15.8 Å². The van der Waals surface area contributed by atoms with Crippen molar-refractivity contribution in [1.82, 2.24) is 0 Å². The minimum absolute atomic E-state index is 0. The molecule has 1 aromatic carbocycles. The predicted molar refractivity (Wildman–Crippen MR) is 86.5 cm³/mol. The molecule has 21 heavy (non-hydrogen) atoms. The van der Waals surface area contributed by atoms with Gasteiger partial charge in [0.05, 0.1) is 11.1 Å². The molecule has 1 aromatic rings. The molecule has 2 heterocycles. The van der Waals surface area contributed by atoms with Crippen molar-refractivity contribution in [3.63, 3.8) is 0 Å². The first-order valence-corrected chi connectivity index (χ1v) is 7.36. The monoisotopic (exact) mass is 310 g/mol. The normalized spacial score (nSPS) is 21.1. The molecule has 0 bridgehead atoms. The van der Waals surface area contributed by atoms with Crippen LogP contribution in [0.4, 0.5) is 5.69 Å². The maximum Gasteiger partial charge on any atom is 0.234 e. The van der Waals surface area contributed by atoms with E-state index >= 15 is 0 Å². The van der Waals surface area contributed by atoms with Crippen LogP contribution in [-0.2, 0) is 23.1 Å². The van der Waals surface area contributed by atoms with Crippen molar-refractivity contribution in [2.75, 3.05) is 11.9 Å². The number of nitrogens with one attached hydrogen (secondary N) is 1. The van der Waals surface area contributed by atoms with E-state index in [0.29, 0.717) is 6.54 Å². The number of carbonyl (C=O) groups is 1. The van der Waals surface area contributed by atoms with E-state index in [1.165, 1.54) is 11.1 Å². The molecule has 116 valence electrons. The Balaban J connectivity index is 0.00000161. The van der Waals surface area contributed by atoms with Crippen molar-refractivity contribution >= 4 is 24.0 Å². The Labute approximate surface area is 131 Å². The van der Waals surface area contributed by atoms with Crippen molar-refractivity contribution in [1.29, 1.82) is 0 Å². The lowest BCUT2D eigenvalue weighted by Crippen LogP contribution is -2.28. The molecule has 2 aliphatic heterocycles. The van der Waals surface area contributed by atoms with Gasteiger partial charge in [-0.05, 0) is 37.5 Å². The van der Waals surface area contributed by atoms with E-state index in [4.69, 9.17) is 10.5 Å². The van der Waals surface area contributed by atoms with Gasteiger partial charge in [0.1, 0.15) is 11.9 Å². The number of anilines is 1. The molecule has 4 nitrogen and oxygen atoms in total. The van der Waals surface area contributed by atoms with E-state index < -0.39 is 5.41 Å². The topological polar surface area (TPSA) is 64.3 Å².